The summed E-state index contributed by atoms with van der Waals surface area (Å²) in [6.45, 7) is 8.28. The summed E-state index contributed by atoms with van der Waals surface area (Å²) >= 11 is 0. The summed E-state index contributed by atoms with van der Waals surface area (Å²) in [7, 11) is 0. The molecule has 0 spiro atoms. The van der Waals surface area contributed by atoms with E-state index >= 15 is 0 Å². The van der Waals surface area contributed by atoms with Crippen molar-refractivity contribution in [3.05, 3.63) is 75.3 Å². The highest BCUT2D eigenvalue weighted by Crippen LogP contribution is 2.16. The van der Waals surface area contributed by atoms with Gasteiger partial charge in [0.2, 0.25) is 0 Å². The van der Waals surface area contributed by atoms with E-state index in [9.17, 15) is 10.1 Å². The number of hydrogen-bond donors (Lipinski definition) is 2. The number of hydrogen-bond acceptors (Lipinski definition) is 2. The Balaban J connectivity index is 1.54. The van der Waals surface area contributed by atoms with Crippen LogP contribution in [0.1, 0.15) is 16.7 Å². The van der Waals surface area contributed by atoms with E-state index in [1.54, 1.807) is 17.0 Å². The zero-order valence-electron chi connectivity index (χ0n) is 14.1. The fraction of sp³-hybridized carbons (Fsp3) is 0.368. The Morgan fingerprint density at radius 1 is 0.917 bits per heavy atom. The molecule has 1 fully saturated rings. The molecule has 0 aliphatic carbocycles. The number of nitrogens with zero attached hydrogens (tertiary/aromatic N) is 1. The summed E-state index contributed by atoms with van der Waals surface area (Å²) in [5.74, 6) is 0. The van der Waals surface area contributed by atoms with Gasteiger partial charge in [-0.2, -0.15) is 0 Å². The third kappa shape index (κ3) is 4.19. The molecule has 0 atom stereocenters. The van der Waals surface area contributed by atoms with E-state index in [1.807, 2.05) is 12.1 Å². The predicted molar refractivity (Wildman–Crippen MR) is 93.1 cm³/mol. The van der Waals surface area contributed by atoms with Gasteiger partial charge in [0.15, 0.2) is 0 Å². The van der Waals surface area contributed by atoms with Gasteiger partial charge in [-0.25, -0.2) is 0 Å². The molecule has 126 valence electrons. The van der Waals surface area contributed by atoms with Gasteiger partial charge < -0.3 is 9.80 Å². The standard InChI is InChI=1S/C19H23N3O2/c1-16-6-8-17(9-7-16)14-20-10-12-21(13-11-20)15-18-4-2-3-5-19(18)22(23)24/h2-9H,10-15H2,1H3/p+2. The molecule has 2 aromatic carbocycles. The molecule has 0 radical (unpaired) electrons. The Labute approximate surface area is 142 Å². The number of quaternary nitrogens is 2. The van der Waals surface area contributed by atoms with E-state index in [2.05, 4.69) is 31.2 Å². The molecule has 0 unspecified atom stereocenters. The highest BCUT2D eigenvalue weighted by Gasteiger charge is 2.25. The van der Waals surface area contributed by atoms with Crippen molar-refractivity contribution < 1.29 is 14.7 Å². The van der Waals surface area contributed by atoms with Crippen molar-refractivity contribution in [2.75, 3.05) is 26.2 Å². The molecule has 0 saturated carbocycles. The average molecular weight is 327 g/mol. The number of piperazine rings is 1. The summed E-state index contributed by atoms with van der Waals surface area (Å²) in [5, 5.41) is 11.1. The van der Waals surface area contributed by atoms with Gasteiger partial charge in [-0.15, -0.1) is 0 Å². The van der Waals surface area contributed by atoms with Gasteiger partial charge in [-0.05, 0) is 13.0 Å². The maximum absolute atomic E-state index is 11.1. The average Bonchev–Trinajstić information content (AvgIpc) is 2.59. The zero-order chi connectivity index (χ0) is 16.9. The predicted octanol–water partition coefficient (Wildman–Crippen LogP) is 0.387. The van der Waals surface area contributed by atoms with Crippen molar-refractivity contribution in [3.63, 3.8) is 0 Å². The molecule has 5 heteroatoms. The van der Waals surface area contributed by atoms with E-state index in [-0.39, 0.29) is 10.6 Å². The number of nitro benzene ring substituents is 1. The third-order valence-corrected chi connectivity index (χ3v) is 4.87. The van der Waals surface area contributed by atoms with Crippen molar-refractivity contribution in [2.45, 2.75) is 20.0 Å². The van der Waals surface area contributed by atoms with Gasteiger partial charge >= 0.3 is 0 Å². The Morgan fingerprint density at radius 2 is 1.50 bits per heavy atom. The molecule has 0 aromatic heterocycles. The molecule has 2 aromatic rings. The second kappa shape index (κ2) is 7.55. The topological polar surface area (TPSA) is 52.0 Å². The third-order valence-electron chi connectivity index (χ3n) is 4.87. The minimum absolute atomic E-state index is 0.249. The van der Waals surface area contributed by atoms with E-state index in [0.717, 1.165) is 44.8 Å². The second-order valence-electron chi connectivity index (χ2n) is 6.72. The van der Waals surface area contributed by atoms with Crippen LogP contribution in [-0.4, -0.2) is 31.1 Å². The smallest absolute Gasteiger partial charge is 0.278 e. The number of para-hydroxylation sites is 1. The summed E-state index contributed by atoms with van der Waals surface area (Å²) < 4.78 is 0. The monoisotopic (exact) mass is 327 g/mol. The summed E-state index contributed by atoms with van der Waals surface area (Å²) in [5.41, 5.74) is 3.78. The minimum atomic E-state index is -0.270. The second-order valence-corrected chi connectivity index (χ2v) is 6.72. The Hall–Kier alpha value is -2.24. The van der Waals surface area contributed by atoms with Crippen molar-refractivity contribution >= 4 is 5.69 Å². The number of nitro groups is 1. The lowest BCUT2D eigenvalue weighted by atomic mass is 10.1. The molecule has 3 rings (SSSR count). The molecule has 1 heterocycles. The number of rotatable bonds is 5. The first-order valence-electron chi connectivity index (χ1n) is 8.57. The van der Waals surface area contributed by atoms with Crippen molar-refractivity contribution in [1.29, 1.82) is 0 Å². The van der Waals surface area contributed by atoms with Crippen LogP contribution >= 0.6 is 0 Å². The van der Waals surface area contributed by atoms with Crippen LogP contribution in [0.2, 0.25) is 0 Å². The largest absolute Gasteiger partial charge is 0.322 e. The number of aryl methyl sites for hydroxylation is 1. The lowest BCUT2D eigenvalue weighted by Gasteiger charge is -2.29. The number of benzene rings is 2. The lowest BCUT2D eigenvalue weighted by Crippen LogP contribution is -3.27. The van der Waals surface area contributed by atoms with Crippen LogP contribution in [-0.2, 0) is 13.1 Å². The maximum Gasteiger partial charge on any atom is 0.278 e. The fourth-order valence-corrected chi connectivity index (χ4v) is 3.41. The quantitative estimate of drug-likeness (QED) is 0.616. The van der Waals surface area contributed by atoms with Gasteiger partial charge in [0.25, 0.3) is 5.69 Å². The first-order valence-corrected chi connectivity index (χ1v) is 8.57. The van der Waals surface area contributed by atoms with Crippen LogP contribution in [0.4, 0.5) is 5.69 Å². The normalized spacial score (nSPS) is 20.7. The minimum Gasteiger partial charge on any atom is -0.322 e. The molecule has 1 aliphatic heterocycles. The molecule has 1 saturated heterocycles. The Bertz CT molecular complexity index is 692. The SMILES string of the molecule is Cc1ccc(C[NH+]2CC[NH+](Cc3ccccc3[N+](=O)[O-])CC2)cc1. The Morgan fingerprint density at radius 3 is 2.12 bits per heavy atom. The highest BCUT2D eigenvalue weighted by atomic mass is 16.6. The molecule has 1 aliphatic rings. The molecule has 2 N–H and O–H groups in total. The summed E-state index contributed by atoms with van der Waals surface area (Å²) in [6, 6.07) is 15.9. The molecular formula is C19H25N3O2+2. The Kier molecular flexibility index (Phi) is 5.23. The molecular weight excluding hydrogens is 302 g/mol. The fourth-order valence-electron chi connectivity index (χ4n) is 3.41. The van der Waals surface area contributed by atoms with Gasteiger partial charge in [0, 0.05) is 11.6 Å². The van der Waals surface area contributed by atoms with Crippen LogP contribution in [0, 0.1) is 17.0 Å². The molecule has 0 bridgehead atoms. The van der Waals surface area contributed by atoms with E-state index < -0.39 is 0 Å². The molecule has 5 nitrogen and oxygen atoms in total. The van der Waals surface area contributed by atoms with Gasteiger partial charge in [-0.1, -0.05) is 42.0 Å². The first kappa shape index (κ1) is 16.6. The number of nitrogens with one attached hydrogen (secondary N) is 2. The van der Waals surface area contributed by atoms with E-state index in [4.69, 9.17) is 0 Å². The lowest BCUT2D eigenvalue weighted by molar-refractivity contribution is -1.02. The van der Waals surface area contributed by atoms with Crippen molar-refractivity contribution in [2.24, 2.45) is 0 Å². The summed E-state index contributed by atoms with van der Waals surface area (Å²) in [4.78, 5) is 13.9. The van der Waals surface area contributed by atoms with E-state index in [0.29, 0.717) is 0 Å². The zero-order valence-corrected chi connectivity index (χ0v) is 14.1. The van der Waals surface area contributed by atoms with Gasteiger partial charge in [-0.3, -0.25) is 10.1 Å². The maximum atomic E-state index is 11.1. The van der Waals surface area contributed by atoms with Crippen LogP contribution in [0.15, 0.2) is 48.5 Å². The van der Waals surface area contributed by atoms with Crippen LogP contribution in [0.5, 0.6) is 0 Å². The summed E-state index contributed by atoms with van der Waals surface area (Å²) in [6.07, 6.45) is 0. The first-order chi connectivity index (χ1) is 11.6. The van der Waals surface area contributed by atoms with Crippen LogP contribution < -0.4 is 9.80 Å². The van der Waals surface area contributed by atoms with E-state index in [1.165, 1.54) is 16.0 Å². The van der Waals surface area contributed by atoms with Crippen molar-refractivity contribution in [3.8, 4) is 0 Å². The van der Waals surface area contributed by atoms with Gasteiger partial charge in [0.05, 0.1) is 10.5 Å². The molecule has 24 heavy (non-hydrogen) atoms. The van der Waals surface area contributed by atoms with Crippen molar-refractivity contribution in [1.82, 2.24) is 0 Å². The van der Waals surface area contributed by atoms with Crippen LogP contribution in [0.25, 0.3) is 0 Å². The van der Waals surface area contributed by atoms with Crippen LogP contribution in [0.3, 0.4) is 0 Å². The highest BCUT2D eigenvalue weighted by molar-refractivity contribution is 5.39. The van der Waals surface area contributed by atoms with Gasteiger partial charge in [0.1, 0.15) is 39.3 Å². The molecule has 0 amide bonds.